The number of imidazole rings is 2. The molecule has 5 heterocycles. The van der Waals surface area contributed by atoms with Crippen molar-refractivity contribution in [3.63, 3.8) is 0 Å². The molecule has 7 heteroatoms. The summed E-state index contributed by atoms with van der Waals surface area (Å²) in [7, 11) is 0. The zero-order valence-electron chi connectivity index (χ0n) is 27.2. The maximum atomic E-state index is 7.03. The number of unbranched alkanes of at least 4 members (excludes halogenated alkanes) is 1. The zero-order chi connectivity index (χ0) is 32.2. The molecule has 2 N–H and O–H groups in total. The molecule has 48 heavy (non-hydrogen) atoms. The predicted molar refractivity (Wildman–Crippen MR) is 197 cm³/mol. The molecule has 0 fully saturated rings. The summed E-state index contributed by atoms with van der Waals surface area (Å²) in [5.74, 6) is 2.43. The number of nitrogens with one attached hydrogen (secondary N) is 2. The van der Waals surface area contributed by atoms with E-state index >= 15 is 0 Å². The fourth-order valence-corrected chi connectivity index (χ4v) is 8.37. The molecule has 0 saturated heterocycles. The van der Waals surface area contributed by atoms with Crippen molar-refractivity contribution in [1.29, 1.82) is 0 Å². The van der Waals surface area contributed by atoms with Crippen molar-refractivity contribution in [2.75, 3.05) is 0 Å². The number of aromatic nitrogens is 5. The number of aromatic amines is 2. The first-order valence-electron chi connectivity index (χ1n) is 17.0. The molecule has 0 radical (unpaired) electrons. The summed E-state index contributed by atoms with van der Waals surface area (Å²) in [6.07, 6.45) is 12.9. The van der Waals surface area contributed by atoms with E-state index in [9.17, 15) is 0 Å². The van der Waals surface area contributed by atoms with E-state index in [1.165, 1.54) is 61.1 Å². The molecule has 0 saturated carbocycles. The van der Waals surface area contributed by atoms with Crippen molar-refractivity contribution in [1.82, 2.24) is 24.5 Å². The summed E-state index contributed by atoms with van der Waals surface area (Å²) in [6, 6.07) is 28.9. The lowest BCUT2D eigenvalue weighted by molar-refractivity contribution is 0.0958. The smallest absolute Gasteiger partial charge is 0.203 e. The van der Waals surface area contributed by atoms with Crippen LogP contribution < -0.4 is 0 Å². The van der Waals surface area contributed by atoms with Gasteiger partial charge in [0.25, 0.3) is 0 Å². The summed E-state index contributed by atoms with van der Waals surface area (Å²) < 4.78 is 10.7. The molecule has 0 amide bonds. The second-order valence-corrected chi connectivity index (χ2v) is 14.2. The van der Waals surface area contributed by atoms with Crippen LogP contribution in [0.25, 0.3) is 53.8 Å². The SMILES string of the molecule is CCCCC(C)c1ncc(-c2ccc3c(c2)cc2n3C(c3ccc4sc(-c5ccccc5)cc4c3)OC3=C2CCC(c2cnc[nH]2)=C3)[nH]1. The summed E-state index contributed by atoms with van der Waals surface area (Å²) in [5.41, 5.74) is 10.5. The number of thiophene rings is 1. The maximum absolute atomic E-state index is 7.03. The molecule has 9 rings (SSSR count). The van der Waals surface area contributed by atoms with E-state index in [1.807, 2.05) is 23.7 Å². The van der Waals surface area contributed by atoms with Gasteiger partial charge in [0.15, 0.2) is 0 Å². The highest BCUT2D eigenvalue weighted by Crippen LogP contribution is 2.46. The van der Waals surface area contributed by atoms with Crippen molar-refractivity contribution in [3.8, 4) is 21.7 Å². The molecule has 6 nitrogen and oxygen atoms in total. The standard InChI is InChI=1S/C41H37N5OS/c1-3-4-8-25(2)40-43-23-34(45-40)27-12-15-35-30(17-27)19-36-32-14-11-28(33-22-42-24-44-33)20-37(32)47-41(46(35)36)29-13-16-38-31(18-29)21-39(48-38)26-9-6-5-7-10-26/h5-7,9-10,12-13,15-25,41H,3-4,8,11,14H2,1-2H3,(H,42,44)(H,43,45). The number of ether oxygens (including phenoxy) is 1. The number of allylic oxidation sites excluding steroid dienone is 3. The Bertz CT molecular complexity index is 2340. The van der Waals surface area contributed by atoms with Crippen molar-refractivity contribution in [3.05, 3.63) is 132 Å². The second-order valence-electron chi connectivity index (χ2n) is 13.1. The van der Waals surface area contributed by atoms with E-state index in [0.29, 0.717) is 5.92 Å². The molecule has 1 aliphatic heterocycles. The van der Waals surface area contributed by atoms with Gasteiger partial charge in [-0.15, -0.1) is 11.3 Å². The average molecular weight is 648 g/mol. The highest BCUT2D eigenvalue weighted by atomic mass is 32.1. The predicted octanol–water partition coefficient (Wildman–Crippen LogP) is 11.1. The van der Waals surface area contributed by atoms with Crippen molar-refractivity contribution in [2.24, 2.45) is 0 Å². The van der Waals surface area contributed by atoms with E-state index in [1.54, 1.807) is 6.33 Å². The molecule has 0 spiro atoms. The highest BCUT2D eigenvalue weighted by Gasteiger charge is 2.32. The minimum atomic E-state index is -0.304. The Kier molecular flexibility index (Phi) is 7.16. The van der Waals surface area contributed by atoms with E-state index < -0.39 is 0 Å². The number of benzene rings is 3. The number of H-pyrrole nitrogens is 2. The van der Waals surface area contributed by atoms with Gasteiger partial charge in [-0.25, -0.2) is 9.97 Å². The lowest BCUT2D eigenvalue weighted by Crippen LogP contribution is -2.22. The van der Waals surface area contributed by atoms with Gasteiger partial charge in [0.1, 0.15) is 11.6 Å². The summed E-state index contributed by atoms with van der Waals surface area (Å²) in [6.45, 7) is 4.51. The van der Waals surface area contributed by atoms with Crippen molar-refractivity contribution in [2.45, 2.75) is 58.1 Å². The Hall–Kier alpha value is -5.14. The fourth-order valence-electron chi connectivity index (χ4n) is 7.32. The summed E-state index contributed by atoms with van der Waals surface area (Å²) in [5, 5.41) is 2.44. The van der Waals surface area contributed by atoms with Crippen LogP contribution in [0.2, 0.25) is 0 Å². The Morgan fingerprint density at radius 1 is 0.938 bits per heavy atom. The number of fused-ring (bicyclic) bond motifs is 5. The molecule has 2 aliphatic rings. The number of nitrogens with zero attached hydrogens (tertiary/aromatic N) is 3. The van der Waals surface area contributed by atoms with Crippen LogP contribution in [0.1, 0.15) is 80.9 Å². The quantitative estimate of drug-likeness (QED) is 0.172. The topological polar surface area (TPSA) is 71.5 Å². The first-order chi connectivity index (χ1) is 23.6. The molecule has 7 aromatic rings. The lowest BCUT2D eigenvalue weighted by Gasteiger charge is -2.33. The van der Waals surface area contributed by atoms with Crippen LogP contribution in [-0.4, -0.2) is 24.5 Å². The van der Waals surface area contributed by atoms with Crippen molar-refractivity contribution < 1.29 is 4.74 Å². The van der Waals surface area contributed by atoms with E-state index in [2.05, 4.69) is 118 Å². The molecule has 238 valence electrons. The van der Waals surface area contributed by atoms with E-state index in [4.69, 9.17) is 9.72 Å². The molecule has 1 aliphatic carbocycles. The highest BCUT2D eigenvalue weighted by molar-refractivity contribution is 7.22. The Morgan fingerprint density at radius 3 is 2.71 bits per heavy atom. The van der Waals surface area contributed by atoms with Gasteiger partial charge in [-0.3, -0.25) is 0 Å². The number of hydrogen-bond acceptors (Lipinski definition) is 4. The van der Waals surface area contributed by atoms with Crippen LogP contribution >= 0.6 is 11.3 Å². The molecule has 3 aromatic carbocycles. The third-order valence-electron chi connectivity index (χ3n) is 9.96. The third kappa shape index (κ3) is 5.01. The summed E-state index contributed by atoms with van der Waals surface area (Å²) in [4.78, 5) is 17.2. The maximum Gasteiger partial charge on any atom is 0.203 e. The van der Waals surface area contributed by atoms with Gasteiger partial charge < -0.3 is 19.3 Å². The Morgan fingerprint density at radius 2 is 1.85 bits per heavy atom. The largest absolute Gasteiger partial charge is 0.466 e. The van der Waals surface area contributed by atoms with Crippen molar-refractivity contribution >= 4 is 43.5 Å². The van der Waals surface area contributed by atoms with Gasteiger partial charge in [0.2, 0.25) is 6.23 Å². The molecular weight excluding hydrogens is 611 g/mol. The monoisotopic (exact) mass is 647 g/mol. The minimum Gasteiger partial charge on any atom is -0.466 e. The van der Waals surface area contributed by atoms with Crippen LogP contribution in [0.15, 0.2) is 109 Å². The van der Waals surface area contributed by atoms with Crippen LogP contribution in [0.5, 0.6) is 0 Å². The Labute approximate surface area is 283 Å². The van der Waals surface area contributed by atoms with Crippen LogP contribution in [0, 0.1) is 0 Å². The van der Waals surface area contributed by atoms with E-state index in [-0.39, 0.29) is 6.23 Å². The van der Waals surface area contributed by atoms with Gasteiger partial charge in [-0.1, -0.05) is 69.2 Å². The number of rotatable bonds is 8. The van der Waals surface area contributed by atoms with Gasteiger partial charge in [0.05, 0.1) is 41.3 Å². The van der Waals surface area contributed by atoms with Gasteiger partial charge in [0, 0.05) is 37.6 Å². The average Bonchev–Trinajstić information content (AvgIpc) is 3.96. The Balaban J connectivity index is 1.15. The molecular formula is C41H37N5OS. The molecule has 2 atom stereocenters. The van der Waals surface area contributed by atoms with Gasteiger partial charge in [-0.2, -0.15) is 0 Å². The lowest BCUT2D eigenvalue weighted by atomic mass is 9.92. The first kappa shape index (κ1) is 29.0. The minimum absolute atomic E-state index is 0.304. The molecule has 0 bridgehead atoms. The molecule has 2 unspecified atom stereocenters. The van der Waals surface area contributed by atoms with Crippen LogP contribution in [0.4, 0.5) is 0 Å². The summed E-state index contributed by atoms with van der Waals surface area (Å²) >= 11 is 1.84. The van der Waals surface area contributed by atoms with E-state index in [0.717, 1.165) is 53.4 Å². The van der Waals surface area contributed by atoms with Gasteiger partial charge >= 0.3 is 0 Å². The second kappa shape index (κ2) is 11.8. The van der Waals surface area contributed by atoms with Crippen LogP contribution in [-0.2, 0) is 4.74 Å². The fraction of sp³-hybridized carbons (Fsp3) is 0.220. The van der Waals surface area contributed by atoms with Gasteiger partial charge in [-0.05, 0) is 78.3 Å². The third-order valence-corrected chi connectivity index (χ3v) is 11.1. The zero-order valence-corrected chi connectivity index (χ0v) is 28.0. The molecule has 4 aromatic heterocycles. The normalized spacial score (nSPS) is 16.5. The first-order valence-corrected chi connectivity index (χ1v) is 17.8. The van der Waals surface area contributed by atoms with Crippen LogP contribution in [0.3, 0.4) is 0 Å². The number of hydrogen-bond donors (Lipinski definition) is 2.